The summed E-state index contributed by atoms with van der Waals surface area (Å²) in [5.41, 5.74) is 2.00. The summed E-state index contributed by atoms with van der Waals surface area (Å²) < 4.78 is 0. The van der Waals surface area contributed by atoms with Gasteiger partial charge in [0.05, 0.1) is 12.5 Å². The van der Waals surface area contributed by atoms with E-state index in [9.17, 15) is 4.79 Å². The van der Waals surface area contributed by atoms with E-state index in [1.165, 1.54) is 0 Å². The van der Waals surface area contributed by atoms with Crippen LogP contribution < -0.4 is 5.32 Å². The normalized spacial score (nSPS) is 17.6. The van der Waals surface area contributed by atoms with Gasteiger partial charge in [-0.25, -0.2) is 0 Å². The Hall–Kier alpha value is -1.94. The van der Waals surface area contributed by atoms with Crippen molar-refractivity contribution in [2.75, 3.05) is 0 Å². The maximum absolute atomic E-state index is 10.9. The molecule has 1 unspecified atom stereocenters. The molecule has 0 aliphatic carbocycles. The van der Waals surface area contributed by atoms with Crippen LogP contribution in [0.2, 0.25) is 0 Å². The molecule has 1 aliphatic rings. The van der Waals surface area contributed by atoms with E-state index in [2.05, 4.69) is 5.32 Å². The van der Waals surface area contributed by atoms with Crippen molar-refractivity contribution < 1.29 is 9.90 Å². The van der Waals surface area contributed by atoms with Crippen LogP contribution >= 0.6 is 12.2 Å². The van der Waals surface area contributed by atoms with Crippen LogP contribution in [-0.4, -0.2) is 16.1 Å². The highest BCUT2D eigenvalue weighted by atomic mass is 32.1. The Kier molecular flexibility index (Phi) is 2.52. The van der Waals surface area contributed by atoms with Gasteiger partial charge in [-0.15, -0.1) is 0 Å². The van der Waals surface area contributed by atoms with Gasteiger partial charge in [0.2, 0.25) is 0 Å². The third-order valence-corrected chi connectivity index (χ3v) is 3.58. The van der Waals surface area contributed by atoms with E-state index in [1.807, 2.05) is 36.4 Å². The Balaban J connectivity index is 2.26. The largest absolute Gasteiger partial charge is 0.481 e. The molecule has 0 bridgehead atoms. The first-order chi connectivity index (χ1) is 8.66. The zero-order valence-corrected chi connectivity index (χ0v) is 10.3. The molecule has 0 spiro atoms. The zero-order chi connectivity index (χ0) is 12.7. The fourth-order valence-corrected chi connectivity index (χ4v) is 2.81. The first-order valence-corrected chi connectivity index (χ1v) is 6.12. The van der Waals surface area contributed by atoms with E-state index in [4.69, 9.17) is 17.3 Å². The summed E-state index contributed by atoms with van der Waals surface area (Å²) in [6.07, 6.45) is 0.0353. The van der Waals surface area contributed by atoms with Gasteiger partial charge in [0.1, 0.15) is 4.99 Å². The van der Waals surface area contributed by atoms with E-state index >= 15 is 0 Å². The molecule has 0 radical (unpaired) electrons. The minimum absolute atomic E-state index is 0.0353. The van der Waals surface area contributed by atoms with E-state index in [-0.39, 0.29) is 12.5 Å². The topological polar surface area (TPSA) is 49.3 Å². The van der Waals surface area contributed by atoms with E-state index in [0.29, 0.717) is 4.99 Å². The van der Waals surface area contributed by atoms with Crippen molar-refractivity contribution in [2.24, 2.45) is 0 Å². The molecule has 1 atom stereocenters. The number of aliphatic carboxylic acids is 1. The monoisotopic (exact) mass is 257 g/mol. The molecule has 90 valence electrons. The number of rotatable bonds is 2. The summed E-state index contributed by atoms with van der Waals surface area (Å²) >= 11 is 5.32. The molecule has 1 heterocycles. The number of thiocarbonyl (C=S) groups is 1. The van der Waals surface area contributed by atoms with Gasteiger partial charge in [-0.2, -0.15) is 0 Å². The summed E-state index contributed by atoms with van der Waals surface area (Å²) in [7, 11) is 0. The highest BCUT2D eigenvalue weighted by Gasteiger charge is 2.25. The summed E-state index contributed by atoms with van der Waals surface area (Å²) in [6.45, 7) is 0. The van der Waals surface area contributed by atoms with Crippen molar-refractivity contribution in [1.82, 2.24) is 5.32 Å². The second kappa shape index (κ2) is 4.07. The van der Waals surface area contributed by atoms with E-state index in [1.54, 1.807) is 0 Å². The molecule has 2 aromatic carbocycles. The standard InChI is InChI=1S/C14H11NO2S/c16-12(17)7-11-9-5-1-3-8-4-2-6-10(13(8)9)14(18)15-11/h1-6,11H,7H2,(H,15,18)(H,16,17). The third-order valence-electron chi connectivity index (χ3n) is 3.24. The Labute approximate surface area is 109 Å². The predicted molar refractivity (Wildman–Crippen MR) is 73.8 cm³/mol. The zero-order valence-electron chi connectivity index (χ0n) is 9.51. The van der Waals surface area contributed by atoms with Gasteiger partial charge in [-0.05, 0) is 16.3 Å². The molecule has 3 nitrogen and oxygen atoms in total. The lowest BCUT2D eigenvalue weighted by Crippen LogP contribution is -2.33. The minimum atomic E-state index is -0.827. The van der Waals surface area contributed by atoms with Crippen LogP contribution in [0, 0.1) is 0 Å². The molecule has 0 saturated heterocycles. The number of nitrogens with one attached hydrogen (secondary N) is 1. The maximum Gasteiger partial charge on any atom is 0.305 e. The average molecular weight is 257 g/mol. The molecule has 3 rings (SSSR count). The highest BCUT2D eigenvalue weighted by molar-refractivity contribution is 7.80. The summed E-state index contributed by atoms with van der Waals surface area (Å²) in [5.74, 6) is -0.827. The molecule has 0 fully saturated rings. The van der Waals surface area contributed by atoms with Gasteiger partial charge in [0, 0.05) is 5.56 Å². The van der Waals surface area contributed by atoms with Gasteiger partial charge in [0.15, 0.2) is 0 Å². The van der Waals surface area contributed by atoms with Gasteiger partial charge in [-0.3, -0.25) is 4.79 Å². The number of hydrogen-bond acceptors (Lipinski definition) is 2. The average Bonchev–Trinajstić information content (AvgIpc) is 2.34. The van der Waals surface area contributed by atoms with Crippen molar-refractivity contribution in [3.8, 4) is 0 Å². The van der Waals surface area contributed by atoms with Crippen LogP contribution in [0.1, 0.15) is 23.6 Å². The van der Waals surface area contributed by atoms with Crippen LogP contribution in [0.5, 0.6) is 0 Å². The van der Waals surface area contributed by atoms with Crippen LogP contribution in [-0.2, 0) is 4.79 Å². The van der Waals surface area contributed by atoms with Crippen molar-refractivity contribution in [3.63, 3.8) is 0 Å². The lowest BCUT2D eigenvalue weighted by atomic mass is 9.90. The summed E-state index contributed by atoms with van der Waals surface area (Å²) in [4.78, 5) is 11.6. The SMILES string of the molecule is O=C(O)CC1NC(=S)c2cccc3cccc1c23. The molecule has 0 amide bonds. The predicted octanol–water partition coefficient (Wildman–Crippen LogP) is 2.63. The molecule has 18 heavy (non-hydrogen) atoms. The van der Waals surface area contributed by atoms with Crippen molar-refractivity contribution in [1.29, 1.82) is 0 Å². The lowest BCUT2D eigenvalue weighted by Gasteiger charge is -2.27. The van der Waals surface area contributed by atoms with Gasteiger partial charge >= 0.3 is 5.97 Å². The summed E-state index contributed by atoms with van der Waals surface area (Å²) in [5, 5.41) is 14.3. The molecule has 0 saturated carbocycles. The molecule has 0 aromatic heterocycles. The van der Waals surface area contributed by atoms with Crippen LogP contribution in [0.25, 0.3) is 10.8 Å². The molecule has 4 heteroatoms. The van der Waals surface area contributed by atoms with Gasteiger partial charge in [0.25, 0.3) is 0 Å². The Morgan fingerprint density at radius 2 is 2.00 bits per heavy atom. The fourth-order valence-electron chi connectivity index (χ4n) is 2.50. The quantitative estimate of drug-likeness (QED) is 0.812. The molecule has 1 aliphatic heterocycles. The lowest BCUT2D eigenvalue weighted by molar-refractivity contribution is -0.137. The summed E-state index contributed by atoms with van der Waals surface area (Å²) in [6, 6.07) is 11.7. The van der Waals surface area contributed by atoms with Crippen molar-refractivity contribution in [2.45, 2.75) is 12.5 Å². The van der Waals surface area contributed by atoms with Crippen LogP contribution in [0.4, 0.5) is 0 Å². The van der Waals surface area contributed by atoms with Gasteiger partial charge in [-0.1, -0.05) is 48.6 Å². The van der Waals surface area contributed by atoms with Crippen LogP contribution in [0.15, 0.2) is 36.4 Å². The molecular formula is C14H11NO2S. The first-order valence-electron chi connectivity index (χ1n) is 5.71. The van der Waals surface area contributed by atoms with E-state index in [0.717, 1.165) is 21.9 Å². The molecule has 2 N–H and O–H groups in total. The Morgan fingerprint density at radius 1 is 1.28 bits per heavy atom. The van der Waals surface area contributed by atoms with Crippen molar-refractivity contribution >= 4 is 33.9 Å². The molecular weight excluding hydrogens is 246 g/mol. The number of carboxylic acid groups (broad SMARTS) is 1. The maximum atomic E-state index is 10.9. The number of carbonyl (C=O) groups is 1. The number of hydrogen-bond donors (Lipinski definition) is 2. The number of carboxylic acids is 1. The molecule has 2 aromatic rings. The Morgan fingerprint density at radius 3 is 2.72 bits per heavy atom. The van der Waals surface area contributed by atoms with Crippen molar-refractivity contribution in [3.05, 3.63) is 47.5 Å². The second-order valence-corrected chi connectivity index (χ2v) is 4.78. The third kappa shape index (κ3) is 1.66. The number of benzene rings is 2. The minimum Gasteiger partial charge on any atom is -0.481 e. The van der Waals surface area contributed by atoms with E-state index < -0.39 is 5.97 Å². The van der Waals surface area contributed by atoms with Gasteiger partial charge < -0.3 is 10.4 Å². The smallest absolute Gasteiger partial charge is 0.305 e. The Bertz CT molecular complexity index is 661. The van der Waals surface area contributed by atoms with Crippen LogP contribution in [0.3, 0.4) is 0 Å². The first kappa shape index (κ1) is 11.2. The second-order valence-electron chi connectivity index (χ2n) is 4.37. The highest BCUT2D eigenvalue weighted by Crippen LogP contribution is 2.33. The fraction of sp³-hybridized carbons (Fsp3) is 0.143.